The Hall–Kier alpha value is 0.560. The van der Waals surface area contributed by atoms with Crippen molar-refractivity contribution in [3.63, 3.8) is 0 Å². The average molecular weight is 611 g/mol. The number of rotatable bonds is 13. The Morgan fingerprint density at radius 1 is 1.33 bits per heavy atom. The summed E-state index contributed by atoms with van der Waals surface area (Å²) in [6, 6.07) is 0.138. The molecule has 0 heterocycles. The molecular weight excluding hydrogens is 574 g/mol. The van der Waals surface area contributed by atoms with Crippen LogP contribution in [-0.2, 0) is 0 Å². The van der Waals surface area contributed by atoms with E-state index in [0.29, 0.717) is 25.4 Å². The number of alkyl halides is 6. The van der Waals surface area contributed by atoms with Gasteiger partial charge in [0.25, 0.3) is 0 Å². The predicted molar refractivity (Wildman–Crippen MR) is 131 cm³/mol. The number of halogens is 4. The van der Waals surface area contributed by atoms with Crippen LogP contribution in [0.15, 0.2) is 24.4 Å². The number of allylic oxidation sites excluding steroid dienone is 3. The monoisotopic (exact) mass is 611 g/mol. The van der Waals surface area contributed by atoms with E-state index in [1.807, 2.05) is 0 Å². The zero-order valence-electron chi connectivity index (χ0n) is 16.8. The van der Waals surface area contributed by atoms with E-state index in [1.165, 1.54) is 4.43 Å². The van der Waals surface area contributed by atoms with Gasteiger partial charge < -0.3 is 0 Å². The van der Waals surface area contributed by atoms with Crippen LogP contribution >= 0.6 is 42.4 Å². The third kappa shape index (κ3) is 10.8. The molecule has 1 rings (SSSR count). The molecule has 5 atom stereocenters. The SMILES string of the molecule is C=C(CC(/C=C/CCI(C)CCO)CCI)NC(C)C1CCC(F)C(F)C1. The summed E-state index contributed by atoms with van der Waals surface area (Å²) in [6.07, 6.45) is 6.56. The van der Waals surface area contributed by atoms with E-state index >= 15 is 0 Å². The Kier molecular flexibility index (Phi) is 13.8. The van der Waals surface area contributed by atoms with E-state index in [-0.39, 0.29) is 12.0 Å². The Labute approximate surface area is 185 Å². The molecule has 6 heteroatoms. The van der Waals surface area contributed by atoms with Crippen LogP contribution in [0.1, 0.15) is 45.4 Å². The molecule has 5 unspecified atom stereocenters. The molecule has 0 radical (unpaired) electrons. The number of aliphatic hydroxyl groups excluding tert-OH is 1. The van der Waals surface area contributed by atoms with Crippen molar-refractivity contribution in [2.45, 2.75) is 63.8 Å². The summed E-state index contributed by atoms with van der Waals surface area (Å²) < 4.78 is 30.4. The van der Waals surface area contributed by atoms with Gasteiger partial charge in [-0.3, -0.25) is 0 Å². The topological polar surface area (TPSA) is 32.3 Å². The van der Waals surface area contributed by atoms with Gasteiger partial charge in [0.1, 0.15) is 6.17 Å². The Morgan fingerprint density at radius 3 is 2.70 bits per heavy atom. The van der Waals surface area contributed by atoms with Gasteiger partial charge in [0.15, 0.2) is 0 Å². The summed E-state index contributed by atoms with van der Waals surface area (Å²) in [4.78, 5) is 2.34. The van der Waals surface area contributed by atoms with Crippen LogP contribution in [0.3, 0.4) is 0 Å². The van der Waals surface area contributed by atoms with Gasteiger partial charge in [-0.25, -0.2) is 8.78 Å². The molecule has 0 aliphatic heterocycles. The molecule has 27 heavy (non-hydrogen) atoms. The van der Waals surface area contributed by atoms with Crippen molar-refractivity contribution in [1.82, 2.24) is 5.32 Å². The van der Waals surface area contributed by atoms with Gasteiger partial charge in [-0.2, -0.15) is 0 Å². The standard InChI is InChI=1S/C21H37F2I2NO/c1-16(26-17(2)19-7-8-20(22)21(23)15-19)14-18(9-10-24)6-4-5-11-25(3)12-13-27/h4,6,17-21,26-27H,1,5,7-15H2,2-3H3/b6-4+. The first-order chi connectivity index (χ1) is 12.9. The second-order valence-corrected chi connectivity index (χ2v) is 15.0. The summed E-state index contributed by atoms with van der Waals surface area (Å²) in [5, 5.41) is 12.5. The summed E-state index contributed by atoms with van der Waals surface area (Å²) >= 11 is 1.50. The van der Waals surface area contributed by atoms with Gasteiger partial charge in [0.05, 0.1) is 0 Å². The molecule has 0 bridgehead atoms. The van der Waals surface area contributed by atoms with Crippen LogP contribution in [0.25, 0.3) is 0 Å². The van der Waals surface area contributed by atoms with Crippen LogP contribution in [0.5, 0.6) is 0 Å². The van der Waals surface area contributed by atoms with E-state index in [4.69, 9.17) is 5.11 Å². The van der Waals surface area contributed by atoms with Gasteiger partial charge in [0.2, 0.25) is 0 Å². The van der Waals surface area contributed by atoms with E-state index in [0.717, 1.165) is 40.2 Å². The zero-order chi connectivity index (χ0) is 20.2. The number of aliphatic hydroxyl groups is 1. The third-order valence-electron chi connectivity index (χ3n) is 5.27. The van der Waals surface area contributed by atoms with Crippen molar-refractivity contribution in [3.8, 4) is 0 Å². The molecule has 0 aromatic carbocycles. The van der Waals surface area contributed by atoms with Crippen molar-refractivity contribution in [3.05, 3.63) is 24.4 Å². The molecule has 0 aromatic rings. The van der Waals surface area contributed by atoms with Gasteiger partial charge in [-0.05, 0) is 0 Å². The van der Waals surface area contributed by atoms with Crippen LogP contribution in [-0.4, -0.2) is 48.3 Å². The normalized spacial score (nSPS) is 26.0. The third-order valence-corrected chi connectivity index (χ3v) is 10.7. The summed E-state index contributed by atoms with van der Waals surface area (Å²) in [5.74, 6) is 0.655. The fourth-order valence-electron chi connectivity index (χ4n) is 3.56. The molecule has 0 amide bonds. The van der Waals surface area contributed by atoms with E-state index in [2.05, 4.69) is 58.5 Å². The Balaban J connectivity index is 2.40. The molecule has 2 nitrogen and oxygen atoms in total. The van der Waals surface area contributed by atoms with Crippen molar-refractivity contribution in [1.29, 1.82) is 0 Å². The van der Waals surface area contributed by atoms with Crippen molar-refractivity contribution in [2.75, 3.05) is 24.8 Å². The van der Waals surface area contributed by atoms with Gasteiger partial charge in [-0.15, -0.1) is 0 Å². The summed E-state index contributed by atoms with van der Waals surface area (Å²) in [6.45, 7) is 6.59. The predicted octanol–water partition coefficient (Wildman–Crippen LogP) is 5.86. The van der Waals surface area contributed by atoms with Gasteiger partial charge in [-0.1, -0.05) is 0 Å². The quantitative estimate of drug-likeness (QED) is 0.156. The fraction of sp³-hybridized carbons (Fsp3) is 0.810. The van der Waals surface area contributed by atoms with E-state index < -0.39 is 32.2 Å². The molecular formula is C21H37F2I2NO. The van der Waals surface area contributed by atoms with E-state index in [1.54, 1.807) is 0 Å². The zero-order valence-corrected chi connectivity index (χ0v) is 21.1. The molecule has 2 N–H and O–H groups in total. The number of nitrogens with one attached hydrogen (secondary N) is 1. The maximum absolute atomic E-state index is 13.7. The second-order valence-electron chi connectivity index (χ2n) is 7.63. The molecule has 1 aliphatic rings. The molecule has 0 aromatic heterocycles. The number of hydrogen-bond donors (Lipinski definition) is 2. The summed E-state index contributed by atoms with van der Waals surface area (Å²) in [7, 11) is 0. The van der Waals surface area contributed by atoms with E-state index in [9.17, 15) is 8.78 Å². The van der Waals surface area contributed by atoms with Crippen molar-refractivity contribution < 1.29 is 13.9 Å². The van der Waals surface area contributed by atoms with Gasteiger partial charge >= 0.3 is 172 Å². The van der Waals surface area contributed by atoms with Crippen LogP contribution in [0, 0.1) is 11.8 Å². The molecule has 1 aliphatic carbocycles. The first-order valence-corrected chi connectivity index (χ1v) is 16.7. The molecule has 0 spiro atoms. The minimum atomic E-state index is -1.31. The van der Waals surface area contributed by atoms with Crippen LogP contribution < -0.4 is 5.32 Å². The summed E-state index contributed by atoms with van der Waals surface area (Å²) in [5.41, 5.74) is 1.00. The Bertz CT molecular complexity index is 450. The maximum atomic E-state index is 13.7. The number of hydrogen-bond acceptors (Lipinski definition) is 2. The van der Waals surface area contributed by atoms with Gasteiger partial charge in [0, 0.05) is 0 Å². The average Bonchev–Trinajstić information content (AvgIpc) is 2.61. The van der Waals surface area contributed by atoms with Crippen molar-refractivity contribution in [2.24, 2.45) is 11.8 Å². The fourth-order valence-corrected chi connectivity index (χ4v) is 7.15. The molecule has 160 valence electrons. The minimum absolute atomic E-state index is 0.138. The van der Waals surface area contributed by atoms with Crippen LogP contribution in [0.2, 0.25) is 0 Å². The Morgan fingerprint density at radius 2 is 2.07 bits per heavy atom. The molecule has 1 fully saturated rings. The molecule has 0 saturated heterocycles. The second kappa shape index (κ2) is 14.5. The first kappa shape index (κ1) is 25.6. The first-order valence-electron chi connectivity index (χ1n) is 9.95. The molecule has 1 saturated carbocycles. The van der Waals surface area contributed by atoms with Crippen LogP contribution in [0.4, 0.5) is 8.78 Å². The van der Waals surface area contributed by atoms with Crippen molar-refractivity contribution >= 4 is 42.4 Å².